The number of likely N-dealkylation sites (tertiary alicyclic amines) is 2. The van der Waals surface area contributed by atoms with Gasteiger partial charge in [-0.05, 0) is 12.0 Å². The Morgan fingerprint density at radius 1 is 1.17 bits per heavy atom. The second-order valence-electron chi connectivity index (χ2n) is 6.63. The quantitative estimate of drug-likeness (QED) is 0.660. The summed E-state index contributed by atoms with van der Waals surface area (Å²) in [6.07, 6.45) is 1.92. The van der Waals surface area contributed by atoms with Crippen LogP contribution in [0.5, 0.6) is 0 Å². The largest absolute Gasteiger partial charge is 0.550 e. The molecule has 2 aliphatic rings. The van der Waals surface area contributed by atoms with E-state index >= 15 is 0 Å². The van der Waals surface area contributed by atoms with Crippen molar-refractivity contribution in [3.63, 3.8) is 0 Å². The van der Waals surface area contributed by atoms with Crippen LogP contribution in [-0.2, 0) is 20.8 Å². The first-order chi connectivity index (χ1) is 11.6. The maximum Gasteiger partial charge on any atom is 0.288 e. The lowest BCUT2D eigenvalue weighted by Gasteiger charge is -2.32. The number of carbonyl (C=O) groups is 3. The third kappa shape index (κ3) is 3.48. The van der Waals surface area contributed by atoms with Crippen molar-refractivity contribution in [1.29, 1.82) is 0 Å². The minimum atomic E-state index is -1.01. The van der Waals surface area contributed by atoms with Crippen LogP contribution in [0.4, 0.5) is 0 Å². The van der Waals surface area contributed by atoms with Gasteiger partial charge in [0.05, 0.1) is 19.5 Å². The molecular formula is C18H22N2O4. The third-order valence-corrected chi connectivity index (χ3v) is 5.16. The van der Waals surface area contributed by atoms with Gasteiger partial charge in [-0.25, -0.2) is 0 Å². The van der Waals surface area contributed by atoms with Gasteiger partial charge in [0, 0.05) is 31.3 Å². The fraction of sp³-hybridized carbons (Fsp3) is 0.500. The number of hydrogen-bond donors (Lipinski definition) is 1. The highest BCUT2D eigenvalue weighted by Gasteiger charge is 2.45. The lowest BCUT2D eigenvalue weighted by Crippen LogP contribution is -3.17. The molecule has 0 aromatic heterocycles. The molecule has 0 unspecified atom stereocenters. The second-order valence-corrected chi connectivity index (χ2v) is 6.63. The Hall–Kier alpha value is -2.21. The van der Waals surface area contributed by atoms with E-state index in [1.165, 1.54) is 4.90 Å². The Balaban J connectivity index is 1.57. The Kier molecular flexibility index (Phi) is 4.94. The molecule has 24 heavy (non-hydrogen) atoms. The van der Waals surface area contributed by atoms with E-state index < -0.39 is 11.9 Å². The van der Waals surface area contributed by atoms with Crippen LogP contribution in [0, 0.1) is 5.92 Å². The fourth-order valence-electron chi connectivity index (χ4n) is 3.70. The smallest absolute Gasteiger partial charge is 0.288 e. The molecule has 1 atom stereocenters. The highest BCUT2D eigenvalue weighted by molar-refractivity contribution is 6.04. The first-order valence-corrected chi connectivity index (χ1v) is 8.50. The second kappa shape index (κ2) is 7.13. The number of carboxylic acid groups (broad SMARTS) is 1. The summed E-state index contributed by atoms with van der Waals surface area (Å²) in [5, 5.41) is 10.9. The summed E-state index contributed by atoms with van der Waals surface area (Å²) < 4.78 is 0. The Morgan fingerprint density at radius 3 is 2.46 bits per heavy atom. The average molecular weight is 330 g/mol. The average Bonchev–Trinajstić information content (AvgIpc) is 2.88. The molecule has 1 N–H and O–H groups in total. The number of piperidine rings is 1. The summed E-state index contributed by atoms with van der Waals surface area (Å²) in [6.45, 7) is 1.62. The van der Waals surface area contributed by atoms with E-state index in [1.54, 1.807) is 0 Å². The Labute approximate surface area is 141 Å². The van der Waals surface area contributed by atoms with Gasteiger partial charge < -0.3 is 14.8 Å². The number of benzene rings is 1. The maximum absolute atomic E-state index is 12.6. The fourth-order valence-corrected chi connectivity index (χ4v) is 3.70. The van der Waals surface area contributed by atoms with Crippen LogP contribution in [0.1, 0.15) is 24.8 Å². The third-order valence-electron chi connectivity index (χ3n) is 5.16. The highest BCUT2D eigenvalue weighted by atomic mass is 16.4. The van der Waals surface area contributed by atoms with Gasteiger partial charge in [0.2, 0.25) is 5.91 Å². The number of aliphatic carboxylic acids is 1. The normalized spacial score (nSPS) is 27.5. The van der Waals surface area contributed by atoms with Crippen LogP contribution in [0.25, 0.3) is 0 Å². The molecule has 1 aromatic rings. The van der Waals surface area contributed by atoms with Crippen molar-refractivity contribution >= 4 is 17.8 Å². The monoisotopic (exact) mass is 330 g/mol. The van der Waals surface area contributed by atoms with Crippen LogP contribution in [0.3, 0.4) is 0 Å². The van der Waals surface area contributed by atoms with Crippen molar-refractivity contribution in [2.45, 2.75) is 31.7 Å². The summed E-state index contributed by atoms with van der Waals surface area (Å²) in [5.74, 6) is -1.66. The number of nitrogens with one attached hydrogen (secondary N) is 1. The van der Waals surface area contributed by atoms with Crippen LogP contribution in [0.15, 0.2) is 30.3 Å². The number of rotatable bonds is 5. The molecule has 1 aromatic carbocycles. The maximum atomic E-state index is 12.6. The first-order valence-electron chi connectivity index (χ1n) is 8.50. The first kappa shape index (κ1) is 16.6. The zero-order chi connectivity index (χ0) is 17.1. The molecule has 2 heterocycles. The summed E-state index contributed by atoms with van der Waals surface area (Å²) in [6, 6.07) is 9.44. The van der Waals surface area contributed by atoms with Crippen LogP contribution >= 0.6 is 0 Å². The summed E-state index contributed by atoms with van der Waals surface area (Å²) in [5.41, 5.74) is 1.10. The predicted molar refractivity (Wildman–Crippen MR) is 83.7 cm³/mol. The van der Waals surface area contributed by atoms with Gasteiger partial charge in [-0.3, -0.25) is 14.5 Å². The van der Waals surface area contributed by atoms with E-state index in [9.17, 15) is 19.5 Å². The molecule has 2 amide bonds. The van der Waals surface area contributed by atoms with E-state index in [-0.39, 0.29) is 24.3 Å². The molecule has 0 saturated carbocycles. The molecule has 0 radical (unpaired) electrons. The molecule has 2 fully saturated rings. The van der Waals surface area contributed by atoms with Gasteiger partial charge in [-0.2, -0.15) is 0 Å². The van der Waals surface area contributed by atoms with Gasteiger partial charge in [0.1, 0.15) is 0 Å². The minimum absolute atomic E-state index is 0.113. The van der Waals surface area contributed by atoms with Gasteiger partial charge in [0.25, 0.3) is 5.91 Å². The molecule has 0 spiro atoms. The molecule has 0 aliphatic carbocycles. The molecule has 2 saturated heterocycles. The zero-order valence-electron chi connectivity index (χ0n) is 13.6. The predicted octanol–water partition coefficient (Wildman–Crippen LogP) is -1.60. The number of carboxylic acids is 1. The van der Waals surface area contributed by atoms with Crippen molar-refractivity contribution in [2.75, 3.05) is 19.6 Å². The van der Waals surface area contributed by atoms with E-state index in [2.05, 4.69) is 0 Å². The van der Waals surface area contributed by atoms with Crippen molar-refractivity contribution in [1.82, 2.24) is 4.90 Å². The molecule has 3 rings (SSSR count). The number of hydrogen-bond acceptors (Lipinski definition) is 4. The zero-order valence-corrected chi connectivity index (χ0v) is 13.6. The SMILES string of the molecule is O=C([O-])C1CC[NH+]([C@H]2CC(=O)N(CCc3ccccc3)C2=O)CC1. The molecular weight excluding hydrogens is 308 g/mol. The highest BCUT2D eigenvalue weighted by Crippen LogP contribution is 2.15. The van der Waals surface area contributed by atoms with Crippen LogP contribution < -0.4 is 10.0 Å². The van der Waals surface area contributed by atoms with E-state index in [1.807, 2.05) is 30.3 Å². The summed E-state index contributed by atoms with van der Waals surface area (Å²) in [4.78, 5) is 38.2. The van der Waals surface area contributed by atoms with Crippen molar-refractivity contribution in [3.8, 4) is 0 Å². The Morgan fingerprint density at radius 2 is 1.83 bits per heavy atom. The molecule has 128 valence electrons. The van der Waals surface area contributed by atoms with Gasteiger partial charge in [0.15, 0.2) is 6.04 Å². The number of nitrogens with zero attached hydrogens (tertiary/aromatic N) is 1. The number of quaternary nitrogens is 1. The van der Waals surface area contributed by atoms with E-state index in [4.69, 9.17) is 0 Å². The molecule has 2 aliphatic heterocycles. The minimum Gasteiger partial charge on any atom is -0.550 e. The number of imide groups is 1. The molecule has 6 nitrogen and oxygen atoms in total. The molecule has 6 heteroatoms. The summed E-state index contributed by atoms with van der Waals surface area (Å²) in [7, 11) is 0. The number of carbonyl (C=O) groups excluding carboxylic acids is 3. The lowest BCUT2D eigenvalue weighted by atomic mass is 9.96. The molecule has 0 bridgehead atoms. The van der Waals surface area contributed by atoms with Crippen LogP contribution in [-0.4, -0.2) is 48.4 Å². The van der Waals surface area contributed by atoms with Gasteiger partial charge in [-0.15, -0.1) is 0 Å². The number of amides is 2. The van der Waals surface area contributed by atoms with E-state index in [0.717, 1.165) is 10.5 Å². The summed E-state index contributed by atoms with van der Waals surface area (Å²) >= 11 is 0. The van der Waals surface area contributed by atoms with E-state index in [0.29, 0.717) is 38.9 Å². The topological polar surface area (TPSA) is 81.9 Å². The van der Waals surface area contributed by atoms with Gasteiger partial charge >= 0.3 is 0 Å². The van der Waals surface area contributed by atoms with Crippen molar-refractivity contribution in [3.05, 3.63) is 35.9 Å². The van der Waals surface area contributed by atoms with Crippen molar-refractivity contribution < 1.29 is 24.4 Å². The van der Waals surface area contributed by atoms with Gasteiger partial charge in [-0.1, -0.05) is 30.3 Å². The van der Waals surface area contributed by atoms with Crippen LogP contribution in [0.2, 0.25) is 0 Å². The standard InChI is InChI=1S/C18H22N2O4/c21-16-12-15(19-9-7-14(8-10-19)18(23)24)17(22)20(16)11-6-13-4-2-1-3-5-13/h1-5,14-15H,6-12H2,(H,23,24)/t15-/m0/s1. The Bertz CT molecular complexity index is 623. The lowest BCUT2D eigenvalue weighted by molar-refractivity contribution is -0.920. The van der Waals surface area contributed by atoms with Crippen molar-refractivity contribution in [2.24, 2.45) is 5.92 Å².